The maximum Gasteiger partial charge on any atom is 0.168 e. The maximum absolute atomic E-state index is 13.9. The van der Waals surface area contributed by atoms with E-state index in [1.807, 2.05) is 0 Å². The molecule has 1 aromatic carbocycles. The maximum atomic E-state index is 13.9. The third kappa shape index (κ3) is 1.57. The van der Waals surface area contributed by atoms with Crippen molar-refractivity contribution in [3.8, 4) is 0 Å². The lowest BCUT2D eigenvalue weighted by molar-refractivity contribution is 0.632. The van der Waals surface area contributed by atoms with Crippen LogP contribution in [-0.4, -0.2) is 4.98 Å². The fourth-order valence-electron chi connectivity index (χ4n) is 2.47. The van der Waals surface area contributed by atoms with Crippen molar-refractivity contribution in [3.05, 3.63) is 34.2 Å². The van der Waals surface area contributed by atoms with Crippen LogP contribution in [0.1, 0.15) is 24.1 Å². The van der Waals surface area contributed by atoms with Crippen molar-refractivity contribution in [2.75, 3.05) is 5.73 Å². The molecule has 0 unspecified atom stereocenters. The molecule has 0 amide bonds. The Kier molecular flexibility index (Phi) is 2.44. The van der Waals surface area contributed by atoms with Crippen molar-refractivity contribution in [3.63, 3.8) is 0 Å². The lowest BCUT2D eigenvalue weighted by Crippen LogP contribution is -2.10. The van der Waals surface area contributed by atoms with Crippen LogP contribution in [-0.2, 0) is 12.8 Å². The van der Waals surface area contributed by atoms with Gasteiger partial charge in [0, 0.05) is 16.8 Å². The van der Waals surface area contributed by atoms with Crippen molar-refractivity contribution in [1.29, 1.82) is 0 Å². The number of benzene rings is 1. The van der Waals surface area contributed by atoms with Crippen LogP contribution in [0, 0.1) is 5.82 Å². The summed E-state index contributed by atoms with van der Waals surface area (Å²) >= 11 is 5.77. The van der Waals surface area contributed by atoms with Gasteiger partial charge in [-0.2, -0.15) is 0 Å². The quantitative estimate of drug-likeness (QED) is 0.777. The molecule has 1 heterocycles. The Morgan fingerprint density at radius 3 is 2.82 bits per heavy atom. The van der Waals surface area contributed by atoms with E-state index in [1.165, 1.54) is 6.07 Å². The molecule has 2 nitrogen and oxygen atoms in total. The number of nitrogens with two attached hydrogens (primary N) is 1. The molecule has 1 aliphatic carbocycles. The number of rotatable bonds is 0. The van der Waals surface area contributed by atoms with Crippen LogP contribution in [0.3, 0.4) is 0 Å². The van der Waals surface area contributed by atoms with Gasteiger partial charge in [0.2, 0.25) is 0 Å². The molecule has 17 heavy (non-hydrogen) atoms. The molecule has 0 aliphatic heterocycles. The Hall–Kier alpha value is -1.35. The molecule has 0 spiro atoms. The second kappa shape index (κ2) is 3.84. The predicted molar refractivity (Wildman–Crippen MR) is 67.8 cm³/mol. The Bertz CT molecular complexity index is 610. The molecule has 88 valence electrons. The SMILES string of the molecule is Nc1c2c(nc3c(F)c(Cl)ccc13)CCCC2. The first kappa shape index (κ1) is 10.8. The zero-order valence-electron chi connectivity index (χ0n) is 9.26. The fourth-order valence-corrected chi connectivity index (χ4v) is 2.62. The molecule has 0 saturated carbocycles. The van der Waals surface area contributed by atoms with E-state index < -0.39 is 5.82 Å². The Labute approximate surface area is 104 Å². The normalized spacial score (nSPS) is 14.9. The molecular weight excluding hydrogens is 239 g/mol. The summed E-state index contributed by atoms with van der Waals surface area (Å²) in [6.45, 7) is 0. The van der Waals surface area contributed by atoms with Crippen LogP contribution in [0.5, 0.6) is 0 Å². The molecule has 3 rings (SSSR count). The van der Waals surface area contributed by atoms with E-state index in [4.69, 9.17) is 17.3 Å². The first-order valence-corrected chi connectivity index (χ1v) is 6.11. The summed E-state index contributed by atoms with van der Waals surface area (Å²) in [5.74, 6) is -0.468. The molecule has 4 heteroatoms. The van der Waals surface area contributed by atoms with Crippen LogP contribution < -0.4 is 5.73 Å². The van der Waals surface area contributed by atoms with Gasteiger partial charge >= 0.3 is 0 Å². The number of anilines is 1. The first-order chi connectivity index (χ1) is 8.18. The molecule has 0 saturated heterocycles. The highest BCUT2D eigenvalue weighted by Crippen LogP contribution is 2.33. The van der Waals surface area contributed by atoms with Gasteiger partial charge < -0.3 is 5.73 Å². The van der Waals surface area contributed by atoms with Gasteiger partial charge in [0.05, 0.1) is 5.02 Å². The van der Waals surface area contributed by atoms with Gasteiger partial charge in [-0.25, -0.2) is 9.37 Å². The van der Waals surface area contributed by atoms with Crippen LogP contribution >= 0.6 is 11.6 Å². The highest BCUT2D eigenvalue weighted by Gasteiger charge is 2.18. The van der Waals surface area contributed by atoms with Crippen LogP contribution in [0.25, 0.3) is 10.9 Å². The highest BCUT2D eigenvalue weighted by atomic mass is 35.5. The summed E-state index contributed by atoms with van der Waals surface area (Å²) in [4.78, 5) is 4.40. The van der Waals surface area contributed by atoms with Gasteiger partial charge in [0.1, 0.15) is 5.52 Å². The third-order valence-electron chi connectivity index (χ3n) is 3.37. The average molecular weight is 251 g/mol. The van der Waals surface area contributed by atoms with Gasteiger partial charge in [-0.15, -0.1) is 0 Å². The van der Waals surface area contributed by atoms with Crippen molar-refractivity contribution in [1.82, 2.24) is 4.98 Å². The molecule has 1 aromatic heterocycles. The van der Waals surface area contributed by atoms with E-state index >= 15 is 0 Å². The van der Waals surface area contributed by atoms with Crippen LogP contribution in [0.2, 0.25) is 5.02 Å². The van der Waals surface area contributed by atoms with Crippen LogP contribution in [0.4, 0.5) is 10.1 Å². The van der Waals surface area contributed by atoms with Gasteiger partial charge in [-0.05, 0) is 43.4 Å². The number of nitrogens with zero attached hydrogens (tertiary/aromatic N) is 1. The zero-order valence-corrected chi connectivity index (χ0v) is 10.0. The zero-order chi connectivity index (χ0) is 12.0. The van der Waals surface area contributed by atoms with E-state index in [2.05, 4.69) is 4.98 Å². The largest absolute Gasteiger partial charge is 0.398 e. The Morgan fingerprint density at radius 1 is 1.24 bits per heavy atom. The smallest absolute Gasteiger partial charge is 0.168 e. The number of pyridine rings is 1. The van der Waals surface area contributed by atoms with Crippen molar-refractivity contribution in [2.45, 2.75) is 25.7 Å². The lowest BCUT2D eigenvalue weighted by Gasteiger charge is -2.18. The van der Waals surface area contributed by atoms with Crippen molar-refractivity contribution < 1.29 is 4.39 Å². The topological polar surface area (TPSA) is 38.9 Å². The van der Waals surface area contributed by atoms with E-state index in [-0.39, 0.29) is 5.02 Å². The second-order valence-corrected chi connectivity index (χ2v) is 4.82. The van der Waals surface area contributed by atoms with Crippen molar-refractivity contribution in [2.24, 2.45) is 0 Å². The molecule has 0 fully saturated rings. The number of fused-ring (bicyclic) bond motifs is 2. The average Bonchev–Trinajstić information content (AvgIpc) is 2.35. The second-order valence-electron chi connectivity index (χ2n) is 4.42. The number of hydrogen-bond donors (Lipinski definition) is 1. The fraction of sp³-hybridized carbons (Fsp3) is 0.308. The van der Waals surface area contributed by atoms with Gasteiger partial charge in [-0.1, -0.05) is 11.6 Å². The lowest BCUT2D eigenvalue weighted by atomic mass is 9.93. The predicted octanol–water partition coefficient (Wildman–Crippen LogP) is 3.49. The van der Waals surface area contributed by atoms with E-state index in [9.17, 15) is 4.39 Å². The number of hydrogen-bond acceptors (Lipinski definition) is 2. The summed E-state index contributed by atoms with van der Waals surface area (Å²) in [6.07, 6.45) is 4.03. The van der Waals surface area contributed by atoms with E-state index in [1.54, 1.807) is 6.07 Å². The van der Waals surface area contributed by atoms with E-state index in [0.29, 0.717) is 16.6 Å². The molecule has 1 aliphatic rings. The number of aromatic nitrogens is 1. The minimum atomic E-state index is -0.468. The highest BCUT2D eigenvalue weighted by molar-refractivity contribution is 6.31. The molecule has 0 bridgehead atoms. The summed E-state index contributed by atoms with van der Waals surface area (Å²) in [5, 5.41) is 0.771. The minimum absolute atomic E-state index is 0.0974. The van der Waals surface area contributed by atoms with Crippen LogP contribution in [0.15, 0.2) is 12.1 Å². The number of halogens is 2. The molecular formula is C13H12ClFN2. The summed E-state index contributed by atoms with van der Waals surface area (Å²) in [7, 11) is 0. The molecule has 2 N–H and O–H groups in total. The van der Waals surface area contributed by atoms with Gasteiger partial charge in [0.25, 0.3) is 0 Å². The summed E-state index contributed by atoms with van der Waals surface area (Å²) in [5.41, 5.74) is 9.10. The Balaban J connectivity index is 2.40. The third-order valence-corrected chi connectivity index (χ3v) is 3.66. The number of nitrogen functional groups attached to an aromatic ring is 1. The summed E-state index contributed by atoms with van der Waals surface area (Å²) < 4.78 is 13.9. The van der Waals surface area contributed by atoms with Gasteiger partial charge in [0.15, 0.2) is 5.82 Å². The first-order valence-electron chi connectivity index (χ1n) is 5.73. The standard InChI is InChI=1S/C13H12ClFN2/c14-9-6-5-8-12(16)7-3-1-2-4-10(7)17-13(8)11(9)15/h5-6H,1-4H2,(H2,16,17). The summed E-state index contributed by atoms with van der Waals surface area (Å²) in [6, 6.07) is 3.28. The minimum Gasteiger partial charge on any atom is -0.398 e. The van der Waals surface area contributed by atoms with Gasteiger partial charge in [-0.3, -0.25) is 0 Å². The Morgan fingerprint density at radius 2 is 2.00 bits per heavy atom. The van der Waals surface area contributed by atoms with E-state index in [0.717, 1.165) is 36.9 Å². The monoisotopic (exact) mass is 250 g/mol. The molecule has 0 atom stereocenters. The number of aryl methyl sites for hydroxylation is 1. The molecule has 0 radical (unpaired) electrons. The van der Waals surface area contributed by atoms with Crippen molar-refractivity contribution >= 4 is 28.2 Å². The molecule has 2 aromatic rings.